The van der Waals surface area contributed by atoms with Crippen molar-refractivity contribution in [1.29, 1.82) is 0 Å². The smallest absolute Gasteiger partial charge is 0.0946 e. The van der Waals surface area contributed by atoms with E-state index in [0.717, 1.165) is 26.2 Å². The van der Waals surface area contributed by atoms with Gasteiger partial charge in [0.05, 0.1) is 6.33 Å². The first-order valence-corrected chi connectivity index (χ1v) is 8.32. The molecule has 0 spiro atoms. The number of para-hydroxylation sites is 1. The van der Waals surface area contributed by atoms with Crippen molar-refractivity contribution in [2.75, 3.05) is 24.5 Å². The van der Waals surface area contributed by atoms with Crippen LogP contribution in [0.4, 0.5) is 5.69 Å². The fourth-order valence-corrected chi connectivity index (χ4v) is 3.50. The maximum atomic E-state index is 4.15. The molecule has 1 aliphatic carbocycles. The van der Waals surface area contributed by atoms with Crippen molar-refractivity contribution in [2.24, 2.45) is 5.41 Å². The lowest BCUT2D eigenvalue weighted by Crippen LogP contribution is -2.37. The number of hydrogen-bond acceptors (Lipinski definition) is 3. The molecule has 4 nitrogen and oxygen atoms in total. The zero-order chi connectivity index (χ0) is 14.8. The van der Waals surface area contributed by atoms with E-state index in [9.17, 15) is 0 Å². The number of aromatic nitrogens is 2. The highest BCUT2D eigenvalue weighted by Crippen LogP contribution is 2.46. The summed E-state index contributed by atoms with van der Waals surface area (Å²) in [7, 11) is 0. The first-order valence-electron chi connectivity index (χ1n) is 8.32. The highest BCUT2D eigenvalue weighted by atomic mass is 15.2. The van der Waals surface area contributed by atoms with Gasteiger partial charge in [0.15, 0.2) is 0 Å². The molecular formula is C18H24N4. The molecule has 0 amide bonds. The number of rotatable bonds is 6. The second-order valence-corrected chi connectivity index (χ2v) is 6.88. The van der Waals surface area contributed by atoms with Gasteiger partial charge in [-0.1, -0.05) is 18.2 Å². The third-order valence-corrected chi connectivity index (χ3v) is 5.11. The van der Waals surface area contributed by atoms with Gasteiger partial charge in [0.25, 0.3) is 0 Å². The van der Waals surface area contributed by atoms with Crippen molar-refractivity contribution >= 4 is 5.69 Å². The number of benzene rings is 1. The molecule has 22 heavy (non-hydrogen) atoms. The standard InChI is InChI=1S/C18H24N4/c1-2-4-17(5-3-1)22-10-6-16(12-22)20-13-18(7-8-18)14-21-11-9-19-15-21/h1-5,9,11,15-16,20H,6-8,10,12-14H2/t16-/m1/s1. The van der Waals surface area contributed by atoms with Crippen molar-refractivity contribution in [3.8, 4) is 0 Å². The highest BCUT2D eigenvalue weighted by molar-refractivity contribution is 5.47. The quantitative estimate of drug-likeness (QED) is 0.889. The Morgan fingerprint density at radius 3 is 2.82 bits per heavy atom. The van der Waals surface area contributed by atoms with Crippen LogP contribution in [0.15, 0.2) is 49.1 Å². The molecule has 1 aromatic heterocycles. The van der Waals surface area contributed by atoms with E-state index in [2.05, 4.69) is 56.3 Å². The van der Waals surface area contributed by atoms with Crippen LogP contribution in [0.1, 0.15) is 19.3 Å². The van der Waals surface area contributed by atoms with Gasteiger partial charge in [-0.3, -0.25) is 0 Å². The first kappa shape index (κ1) is 13.8. The summed E-state index contributed by atoms with van der Waals surface area (Å²) < 4.78 is 2.22. The van der Waals surface area contributed by atoms with Crippen molar-refractivity contribution < 1.29 is 0 Å². The van der Waals surface area contributed by atoms with Gasteiger partial charge in [-0.25, -0.2) is 4.98 Å². The summed E-state index contributed by atoms with van der Waals surface area (Å²) in [5, 5.41) is 3.82. The first-order chi connectivity index (χ1) is 10.8. The monoisotopic (exact) mass is 296 g/mol. The average Bonchev–Trinajstić information content (AvgIpc) is 2.94. The van der Waals surface area contributed by atoms with E-state index in [1.807, 2.05) is 12.5 Å². The largest absolute Gasteiger partial charge is 0.370 e. The van der Waals surface area contributed by atoms with Gasteiger partial charge in [-0.2, -0.15) is 0 Å². The Kier molecular flexibility index (Phi) is 3.62. The summed E-state index contributed by atoms with van der Waals surface area (Å²) in [6.45, 7) is 4.54. The van der Waals surface area contributed by atoms with E-state index in [0.29, 0.717) is 11.5 Å². The maximum absolute atomic E-state index is 4.15. The molecule has 1 aliphatic heterocycles. The molecule has 2 aliphatic rings. The number of nitrogens with zero attached hydrogens (tertiary/aromatic N) is 3. The van der Waals surface area contributed by atoms with Gasteiger partial charge in [0, 0.05) is 55.7 Å². The molecule has 1 saturated heterocycles. The second kappa shape index (κ2) is 5.76. The Labute approximate surface area is 132 Å². The van der Waals surface area contributed by atoms with Crippen LogP contribution in [0.3, 0.4) is 0 Å². The lowest BCUT2D eigenvalue weighted by molar-refractivity contribution is 0.371. The number of hydrogen-bond donors (Lipinski definition) is 1. The van der Waals surface area contributed by atoms with Gasteiger partial charge in [0.1, 0.15) is 0 Å². The summed E-state index contributed by atoms with van der Waals surface area (Å²) >= 11 is 0. The molecule has 1 aromatic carbocycles. The van der Waals surface area contributed by atoms with Crippen molar-refractivity contribution in [2.45, 2.75) is 31.8 Å². The minimum atomic E-state index is 0.473. The van der Waals surface area contributed by atoms with E-state index < -0.39 is 0 Å². The molecule has 4 heteroatoms. The number of anilines is 1. The van der Waals surface area contributed by atoms with Crippen LogP contribution >= 0.6 is 0 Å². The molecule has 4 rings (SSSR count). The molecule has 2 fully saturated rings. The van der Waals surface area contributed by atoms with Crippen molar-refractivity contribution in [3.05, 3.63) is 49.1 Å². The Morgan fingerprint density at radius 2 is 2.09 bits per heavy atom. The van der Waals surface area contributed by atoms with Crippen LogP contribution in [0.25, 0.3) is 0 Å². The zero-order valence-electron chi connectivity index (χ0n) is 13.0. The summed E-state index contributed by atoms with van der Waals surface area (Å²) in [6.07, 6.45) is 9.81. The van der Waals surface area contributed by atoms with Gasteiger partial charge in [-0.15, -0.1) is 0 Å². The van der Waals surface area contributed by atoms with E-state index >= 15 is 0 Å². The topological polar surface area (TPSA) is 33.1 Å². The molecule has 1 saturated carbocycles. The zero-order valence-corrected chi connectivity index (χ0v) is 13.0. The van der Waals surface area contributed by atoms with E-state index in [1.165, 1.54) is 24.9 Å². The van der Waals surface area contributed by atoms with Crippen LogP contribution in [0.2, 0.25) is 0 Å². The lowest BCUT2D eigenvalue weighted by Gasteiger charge is -2.21. The third-order valence-electron chi connectivity index (χ3n) is 5.11. The van der Waals surface area contributed by atoms with E-state index in [1.54, 1.807) is 0 Å². The predicted octanol–water partition coefficient (Wildman–Crippen LogP) is 2.53. The van der Waals surface area contributed by atoms with Gasteiger partial charge in [-0.05, 0) is 31.4 Å². The van der Waals surface area contributed by atoms with Crippen molar-refractivity contribution in [3.63, 3.8) is 0 Å². The molecule has 1 atom stereocenters. The number of imidazole rings is 1. The Hall–Kier alpha value is -1.81. The molecule has 0 radical (unpaired) electrons. The maximum Gasteiger partial charge on any atom is 0.0946 e. The van der Waals surface area contributed by atoms with E-state index in [-0.39, 0.29) is 0 Å². The average molecular weight is 296 g/mol. The summed E-state index contributed by atoms with van der Waals surface area (Å²) in [5.41, 5.74) is 1.83. The van der Waals surface area contributed by atoms with Gasteiger partial charge >= 0.3 is 0 Å². The Balaban J connectivity index is 1.28. The molecule has 0 bridgehead atoms. The third kappa shape index (κ3) is 3.02. The predicted molar refractivity (Wildman–Crippen MR) is 89.0 cm³/mol. The summed E-state index contributed by atoms with van der Waals surface area (Å²) in [6, 6.07) is 11.4. The Bertz CT molecular complexity index is 589. The van der Waals surface area contributed by atoms with Crippen LogP contribution < -0.4 is 10.2 Å². The highest BCUT2D eigenvalue weighted by Gasteiger charge is 2.43. The minimum Gasteiger partial charge on any atom is -0.370 e. The van der Waals surface area contributed by atoms with Gasteiger partial charge in [0.2, 0.25) is 0 Å². The molecule has 2 aromatic rings. The normalized spacial score (nSPS) is 22.9. The van der Waals surface area contributed by atoms with Crippen LogP contribution in [0.5, 0.6) is 0 Å². The lowest BCUT2D eigenvalue weighted by atomic mass is 10.1. The molecule has 2 heterocycles. The fourth-order valence-electron chi connectivity index (χ4n) is 3.50. The molecular weight excluding hydrogens is 272 g/mol. The summed E-state index contributed by atoms with van der Waals surface area (Å²) in [5.74, 6) is 0. The Morgan fingerprint density at radius 1 is 1.23 bits per heavy atom. The van der Waals surface area contributed by atoms with E-state index in [4.69, 9.17) is 0 Å². The van der Waals surface area contributed by atoms with Crippen LogP contribution in [-0.4, -0.2) is 35.2 Å². The molecule has 116 valence electrons. The molecule has 1 N–H and O–H groups in total. The minimum absolute atomic E-state index is 0.473. The fraction of sp³-hybridized carbons (Fsp3) is 0.500. The number of nitrogens with one attached hydrogen (secondary N) is 1. The summed E-state index contributed by atoms with van der Waals surface area (Å²) in [4.78, 5) is 6.64. The van der Waals surface area contributed by atoms with Crippen molar-refractivity contribution in [1.82, 2.24) is 14.9 Å². The van der Waals surface area contributed by atoms with Crippen LogP contribution in [-0.2, 0) is 6.54 Å². The SMILES string of the molecule is c1ccc(N2CC[C@@H](NCC3(Cn4ccnc4)CC3)C2)cc1. The second-order valence-electron chi connectivity index (χ2n) is 6.88. The molecule has 0 unspecified atom stereocenters. The van der Waals surface area contributed by atoms with Gasteiger partial charge < -0.3 is 14.8 Å². The van der Waals surface area contributed by atoms with Crippen LogP contribution in [0, 0.1) is 5.41 Å².